The van der Waals surface area contributed by atoms with E-state index in [0.29, 0.717) is 19.4 Å². The van der Waals surface area contributed by atoms with Crippen LogP contribution >= 0.6 is 0 Å². The average molecular weight is 468 g/mol. The first-order valence-corrected chi connectivity index (χ1v) is 12.7. The Morgan fingerprint density at radius 2 is 1.85 bits per heavy atom. The number of hydrogen-bond acceptors (Lipinski definition) is 8. The molecule has 1 aliphatic heterocycles. The molecule has 6 aliphatic rings. The number of rotatable bonds is 6. The summed E-state index contributed by atoms with van der Waals surface area (Å²) >= 11 is 0. The van der Waals surface area contributed by atoms with Crippen LogP contribution in [0.1, 0.15) is 32.6 Å². The van der Waals surface area contributed by atoms with Crippen LogP contribution in [0, 0.1) is 34.5 Å². The summed E-state index contributed by atoms with van der Waals surface area (Å²) in [5.74, 6) is -0.360. The number of aliphatic hydroxyl groups excluding tert-OH is 2. The van der Waals surface area contributed by atoms with Crippen molar-refractivity contribution in [3.63, 3.8) is 0 Å². The van der Waals surface area contributed by atoms with Gasteiger partial charge in [-0.1, -0.05) is 6.92 Å². The lowest BCUT2D eigenvalue weighted by Crippen LogP contribution is -2.82. The molecule has 8 nitrogen and oxygen atoms in total. The van der Waals surface area contributed by atoms with Gasteiger partial charge >= 0.3 is 0 Å². The fraction of sp³-hybridized carbons (Fsp3) is 1.00. The minimum atomic E-state index is -1.40. The van der Waals surface area contributed by atoms with E-state index in [2.05, 4.69) is 11.8 Å². The number of piperidine rings is 1. The predicted molar refractivity (Wildman–Crippen MR) is 119 cm³/mol. The summed E-state index contributed by atoms with van der Waals surface area (Å²) in [5.41, 5.74) is -3.24. The number of fused-ring (bicyclic) bond motifs is 2. The standard InChI is InChI=1S/C25H41NO7/c1-6-26-11-22(12-30-2)8-7-16(27)24-14-9-13-15(31-3)10-23(33-5,17(14)18(13)28)25(29,21(24)26)20(32-4)19(22)24/h13-21,27-29H,6-12H2,1-5H3/t13-,14-,15?,16?,17-,18?,19-,20?,21?,22+,23-,24+,25?/m1/s1. The van der Waals surface area contributed by atoms with Crippen molar-refractivity contribution in [3.05, 3.63) is 0 Å². The summed E-state index contributed by atoms with van der Waals surface area (Å²) in [6.45, 7) is 4.26. The van der Waals surface area contributed by atoms with Crippen LogP contribution in [-0.4, -0.2) is 110 Å². The van der Waals surface area contributed by atoms with Crippen LogP contribution < -0.4 is 0 Å². The van der Waals surface area contributed by atoms with Crippen LogP contribution in [0.3, 0.4) is 0 Å². The van der Waals surface area contributed by atoms with Crippen LogP contribution in [0.25, 0.3) is 0 Å². The third-order valence-electron chi connectivity index (χ3n) is 11.6. The molecule has 7 bridgehead atoms. The predicted octanol–water partition coefficient (Wildman–Crippen LogP) is 0.271. The highest BCUT2D eigenvalue weighted by Gasteiger charge is 2.91. The van der Waals surface area contributed by atoms with E-state index in [4.69, 9.17) is 18.9 Å². The highest BCUT2D eigenvalue weighted by molar-refractivity contribution is 5.41. The molecular weight excluding hydrogens is 426 g/mol. The van der Waals surface area contributed by atoms with Gasteiger partial charge in [-0.3, -0.25) is 4.90 Å². The van der Waals surface area contributed by atoms with Crippen molar-refractivity contribution in [1.29, 1.82) is 0 Å². The zero-order valence-electron chi connectivity index (χ0n) is 20.6. The molecule has 188 valence electrons. The van der Waals surface area contributed by atoms with Crippen molar-refractivity contribution in [2.75, 3.05) is 48.1 Å². The van der Waals surface area contributed by atoms with Gasteiger partial charge in [0.15, 0.2) is 0 Å². The summed E-state index contributed by atoms with van der Waals surface area (Å²) in [6, 6.07) is -0.312. The van der Waals surface area contributed by atoms with Crippen LogP contribution in [0.15, 0.2) is 0 Å². The molecule has 5 saturated carbocycles. The number of nitrogens with zero attached hydrogens (tertiary/aromatic N) is 1. The van der Waals surface area contributed by atoms with Gasteiger partial charge in [0.2, 0.25) is 0 Å². The molecule has 0 aromatic heterocycles. The third kappa shape index (κ3) is 2.16. The minimum Gasteiger partial charge on any atom is -0.392 e. The van der Waals surface area contributed by atoms with Gasteiger partial charge < -0.3 is 34.3 Å². The van der Waals surface area contributed by atoms with Gasteiger partial charge in [0, 0.05) is 70.0 Å². The zero-order chi connectivity index (χ0) is 23.6. The van der Waals surface area contributed by atoms with E-state index in [1.165, 1.54) is 0 Å². The number of ether oxygens (including phenoxy) is 4. The Kier molecular flexibility index (Phi) is 4.99. The lowest BCUT2D eigenvalue weighted by atomic mass is 9.42. The molecule has 33 heavy (non-hydrogen) atoms. The van der Waals surface area contributed by atoms with Crippen LogP contribution in [0.4, 0.5) is 0 Å². The van der Waals surface area contributed by atoms with Gasteiger partial charge in [0.1, 0.15) is 11.2 Å². The quantitative estimate of drug-likeness (QED) is 0.512. The molecule has 1 heterocycles. The maximum Gasteiger partial charge on any atom is 0.136 e. The molecule has 1 saturated heterocycles. The SMILES string of the molecule is CCN1C[C@]2(COC)CCC(O)[C@]34C1C(O)(C(OC)[C@H]23)[C@@]1(OC)CC(OC)[C@H]2C[C@@H]4[C@@H]1C2O. The number of likely N-dealkylation sites (tertiary alicyclic amines) is 1. The van der Waals surface area contributed by atoms with Crippen LogP contribution in [0.5, 0.6) is 0 Å². The van der Waals surface area contributed by atoms with E-state index in [1.54, 1.807) is 28.4 Å². The van der Waals surface area contributed by atoms with E-state index >= 15 is 0 Å². The Labute approximate surface area is 196 Å². The Balaban J connectivity index is 1.68. The Bertz CT molecular complexity index is 814. The molecule has 6 unspecified atom stereocenters. The second-order valence-electron chi connectivity index (χ2n) is 11.9. The lowest BCUT2D eigenvalue weighted by molar-refractivity contribution is -0.324. The van der Waals surface area contributed by atoms with E-state index in [9.17, 15) is 15.3 Å². The third-order valence-corrected chi connectivity index (χ3v) is 11.6. The van der Waals surface area contributed by atoms with Crippen LogP contribution in [0.2, 0.25) is 0 Å². The molecule has 6 rings (SSSR count). The normalized spacial score (nSPS) is 60.9. The van der Waals surface area contributed by atoms with Gasteiger partial charge in [-0.25, -0.2) is 0 Å². The van der Waals surface area contributed by atoms with Gasteiger partial charge in [-0.2, -0.15) is 0 Å². The number of methoxy groups -OCH3 is 4. The van der Waals surface area contributed by atoms with Gasteiger partial charge in [-0.05, 0) is 31.7 Å². The van der Waals surface area contributed by atoms with Crippen molar-refractivity contribution >= 4 is 0 Å². The molecule has 0 amide bonds. The van der Waals surface area contributed by atoms with Gasteiger partial charge in [0.25, 0.3) is 0 Å². The van der Waals surface area contributed by atoms with Gasteiger partial charge in [0.05, 0.1) is 37.1 Å². The molecule has 1 spiro atoms. The van der Waals surface area contributed by atoms with Crippen molar-refractivity contribution < 1.29 is 34.3 Å². The molecular formula is C25H41NO7. The Hall–Kier alpha value is -0.320. The molecule has 5 aliphatic carbocycles. The maximum atomic E-state index is 13.1. The summed E-state index contributed by atoms with van der Waals surface area (Å²) < 4.78 is 24.5. The average Bonchev–Trinajstić information content (AvgIpc) is 3.16. The Morgan fingerprint density at radius 1 is 1.09 bits per heavy atom. The first-order valence-electron chi connectivity index (χ1n) is 12.7. The van der Waals surface area contributed by atoms with Crippen molar-refractivity contribution in [2.24, 2.45) is 34.5 Å². The molecule has 8 heteroatoms. The zero-order valence-corrected chi connectivity index (χ0v) is 20.6. The van der Waals surface area contributed by atoms with Crippen molar-refractivity contribution in [2.45, 2.75) is 74.3 Å². The second kappa shape index (κ2) is 7.13. The molecule has 6 fully saturated rings. The van der Waals surface area contributed by atoms with E-state index in [-0.39, 0.29) is 41.2 Å². The summed E-state index contributed by atoms with van der Waals surface area (Å²) in [5, 5.41) is 36.7. The minimum absolute atomic E-state index is 0.00825. The topological polar surface area (TPSA) is 101 Å². The highest BCUT2D eigenvalue weighted by Crippen LogP contribution is 2.80. The number of likely N-dealkylation sites (N-methyl/N-ethyl adjacent to an activating group) is 1. The largest absolute Gasteiger partial charge is 0.392 e. The molecule has 0 aromatic carbocycles. The first-order chi connectivity index (χ1) is 15.8. The summed E-state index contributed by atoms with van der Waals surface area (Å²) in [4.78, 5) is 2.38. The van der Waals surface area contributed by atoms with Gasteiger partial charge in [-0.15, -0.1) is 0 Å². The first kappa shape index (κ1) is 23.1. The molecule has 0 aromatic rings. The number of aliphatic hydroxyl groups is 3. The van der Waals surface area contributed by atoms with Crippen molar-refractivity contribution in [1.82, 2.24) is 4.90 Å². The summed E-state index contributed by atoms with van der Waals surface area (Å²) in [6.07, 6.45) is 0.834. The van der Waals surface area contributed by atoms with Crippen LogP contribution in [-0.2, 0) is 18.9 Å². The van der Waals surface area contributed by atoms with E-state index < -0.39 is 34.9 Å². The Morgan fingerprint density at radius 3 is 2.45 bits per heavy atom. The highest BCUT2D eigenvalue weighted by atomic mass is 16.5. The smallest absolute Gasteiger partial charge is 0.136 e. The fourth-order valence-electron chi connectivity index (χ4n) is 11.0. The fourth-order valence-corrected chi connectivity index (χ4v) is 11.0. The molecule has 3 N–H and O–H groups in total. The van der Waals surface area contributed by atoms with Crippen molar-refractivity contribution in [3.8, 4) is 0 Å². The lowest BCUT2D eigenvalue weighted by Gasteiger charge is -2.70. The second-order valence-corrected chi connectivity index (χ2v) is 11.9. The molecule has 13 atom stereocenters. The number of hydrogen-bond donors (Lipinski definition) is 3. The molecule has 0 radical (unpaired) electrons. The van der Waals surface area contributed by atoms with E-state index in [0.717, 1.165) is 25.9 Å². The van der Waals surface area contributed by atoms with E-state index in [1.807, 2.05) is 0 Å². The summed E-state index contributed by atoms with van der Waals surface area (Å²) in [7, 11) is 6.79. The maximum absolute atomic E-state index is 13.1. The monoisotopic (exact) mass is 467 g/mol.